The maximum Gasteiger partial charge on any atom is 0.222 e. The van der Waals surface area contributed by atoms with Crippen molar-refractivity contribution in [3.63, 3.8) is 0 Å². The van der Waals surface area contributed by atoms with Gasteiger partial charge < -0.3 is 14.7 Å². The van der Waals surface area contributed by atoms with E-state index in [-0.39, 0.29) is 17.9 Å². The summed E-state index contributed by atoms with van der Waals surface area (Å²) in [5, 5.41) is 8.90. The van der Waals surface area contributed by atoms with Crippen LogP contribution in [0.15, 0.2) is 24.3 Å². The number of aliphatic hydroxyl groups is 1. The highest BCUT2D eigenvalue weighted by molar-refractivity contribution is 5.76. The van der Waals surface area contributed by atoms with Crippen LogP contribution in [0.25, 0.3) is 0 Å². The van der Waals surface area contributed by atoms with E-state index in [0.29, 0.717) is 32.5 Å². The maximum absolute atomic E-state index is 11.9. The normalized spacial score (nSPS) is 11.3. The first kappa shape index (κ1) is 18.5. The first-order valence-corrected chi connectivity index (χ1v) is 8.00. The number of carbonyl (C=O) groups is 1. The van der Waals surface area contributed by atoms with Crippen LogP contribution >= 0.6 is 0 Å². The van der Waals surface area contributed by atoms with Gasteiger partial charge in [-0.25, -0.2) is 0 Å². The number of likely N-dealkylation sites (N-methyl/N-ethyl adjacent to an activating group) is 1. The molecule has 0 fully saturated rings. The lowest BCUT2D eigenvalue weighted by molar-refractivity contribution is -0.131. The zero-order chi connectivity index (χ0) is 16.6. The smallest absolute Gasteiger partial charge is 0.222 e. The van der Waals surface area contributed by atoms with E-state index in [1.165, 1.54) is 5.56 Å². The fraction of sp³-hybridized carbons (Fsp3) is 0.611. The summed E-state index contributed by atoms with van der Waals surface area (Å²) in [5.41, 5.74) is 1.42. The van der Waals surface area contributed by atoms with E-state index >= 15 is 0 Å². The van der Waals surface area contributed by atoms with Gasteiger partial charge in [0.15, 0.2) is 0 Å². The summed E-state index contributed by atoms with van der Waals surface area (Å²) in [5.74, 6) is 0.909. The minimum absolute atomic E-state index is 0.0101. The van der Waals surface area contributed by atoms with Gasteiger partial charge in [0.1, 0.15) is 5.75 Å². The van der Waals surface area contributed by atoms with Crippen LogP contribution in [-0.2, 0) is 10.2 Å². The minimum atomic E-state index is 0.0101. The predicted molar refractivity (Wildman–Crippen MR) is 89.2 cm³/mol. The fourth-order valence-electron chi connectivity index (χ4n) is 2.20. The van der Waals surface area contributed by atoms with Crippen LogP contribution in [-0.4, -0.2) is 42.2 Å². The third-order valence-electron chi connectivity index (χ3n) is 3.63. The Morgan fingerprint density at radius 1 is 1.23 bits per heavy atom. The lowest BCUT2D eigenvalue weighted by Crippen LogP contribution is -2.33. The molecule has 124 valence electrons. The van der Waals surface area contributed by atoms with Crippen LogP contribution in [0, 0.1) is 0 Å². The van der Waals surface area contributed by atoms with Crippen molar-refractivity contribution in [1.29, 1.82) is 0 Å². The summed E-state index contributed by atoms with van der Waals surface area (Å²) in [6.45, 7) is 10.0. The largest absolute Gasteiger partial charge is 0.494 e. The van der Waals surface area contributed by atoms with Gasteiger partial charge >= 0.3 is 0 Å². The standard InChI is InChI=1S/C18H29NO3/c1-5-19(12-13-20)17(21)7-6-14-22-16-10-8-15(9-11-16)18(2,3)4/h8-11,20H,5-7,12-14H2,1-4H3. The lowest BCUT2D eigenvalue weighted by atomic mass is 9.87. The van der Waals surface area contributed by atoms with Crippen molar-refractivity contribution in [2.45, 2.75) is 46.0 Å². The van der Waals surface area contributed by atoms with Crippen molar-refractivity contribution in [3.05, 3.63) is 29.8 Å². The predicted octanol–water partition coefficient (Wildman–Crippen LogP) is 2.98. The molecule has 0 saturated heterocycles. The molecular formula is C18H29NO3. The van der Waals surface area contributed by atoms with E-state index in [1.807, 2.05) is 19.1 Å². The molecule has 1 rings (SSSR count). The highest BCUT2D eigenvalue weighted by Crippen LogP contribution is 2.24. The zero-order valence-corrected chi connectivity index (χ0v) is 14.3. The van der Waals surface area contributed by atoms with Crippen LogP contribution in [0.3, 0.4) is 0 Å². The highest BCUT2D eigenvalue weighted by atomic mass is 16.5. The average Bonchev–Trinajstić information content (AvgIpc) is 2.48. The van der Waals surface area contributed by atoms with Gasteiger partial charge in [-0.1, -0.05) is 32.9 Å². The van der Waals surface area contributed by atoms with E-state index in [1.54, 1.807) is 4.90 Å². The number of rotatable bonds is 8. The Balaban J connectivity index is 2.34. The third-order valence-corrected chi connectivity index (χ3v) is 3.63. The van der Waals surface area contributed by atoms with Crippen molar-refractivity contribution >= 4 is 5.91 Å². The SMILES string of the molecule is CCN(CCO)C(=O)CCCOc1ccc(C(C)(C)C)cc1. The second-order valence-electron chi connectivity index (χ2n) is 6.42. The summed E-state index contributed by atoms with van der Waals surface area (Å²) in [7, 11) is 0. The summed E-state index contributed by atoms with van der Waals surface area (Å²) in [4.78, 5) is 13.6. The number of amides is 1. The number of aliphatic hydroxyl groups excluding tert-OH is 1. The molecule has 0 aliphatic rings. The molecule has 0 saturated carbocycles. The number of ether oxygens (including phenoxy) is 1. The van der Waals surface area contributed by atoms with E-state index in [9.17, 15) is 4.79 Å². The number of benzene rings is 1. The Hall–Kier alpha value is -1.55. The first-order valence-electron chi connectivity index (χ1n) is 8.00. The summed E-state index contributed by atoms with van der Waals surface area (Å²) in [6, 6.07) is 8.13. The number of hydrogen-bond donors (Lipinski definition) is 1. The third kappa shape index (κ3) is 6.06. The summed E-state index contributed by atoms with van der Waals surface area (Å²) < 4.78 is 5.68. The van der Waals surface area contributed by atoms with Gasteiger partial charge in [0, 0.05) is 19.5 Å². The molecule has 4 heteroatoms. The molecule has 1 aromatic carbocycles. The van der Waals surface area contributed by atoms with Gasteiger partial charge in [0.25, 0.3) is 0 Å². The molecule has 1 amide bonds. The Morgan fingerprint density at radius 2 is 1.86 bits per heavy atom. The minimum Gasteiger partial charge on any atom is -0.494 e. The van der Waals surface area contributed by atoms with Crippen LogP contribution in [0.4, 0.5) is 0 Å². The molecule has 0 bridgehead atoms. The maximum atomic E-state index is 11.9. The monoisotopic (exact) mass is 307 g/mol. The average molecular weight is 307 g/mol. The molecule has 22 heavy (non-hydrogen) atoms. The Labute approximate surface area is 134 Å². The second kappa shape index (κ2) is 8.79. The van der Waals surface area contributed by atoms with Crippen molar-refractivity contribution in [1.82, 2.24) is 4.90 Å². The first-order chi connectivity index (χ1) is 10.4. The van der Waals surface area contributed by atoms with Gasteiger partial charge in [-0.2, -0.15) is 0 Å². The van der Waals surface area contributed by atoms with Crippen LogP contribution < -0.4 is 4.74 Å². The summed E-state index contributed by atoms with van der Waals surface area (Å²) in [6.07, 6.45) is 1.13. The molecule has 4 nitrogen and oxygen atoms in total. The van der Waals surface area contributed by atoms with Gasteiger partial charge in [-0.15, -0.1) is 0 Å². The van der Waals surface area contributed by atoms with Gasteiger partial charge in [0.2, 0.25) is 5.91 Å². The molecule has 0 aliphatic carbocycles. The quantitative estimate of drug-likeness (QED) is 0.751. The van der Waals surface area contributed by atoms with Crippen molar-refractivity contribution < 1.29 is 14.6 Å². The number of hydrogen-bond acceptors (Lipinski definition) is 3. The van der Waals surface area contributed by atoms with Crippen LogP contribution in [0.1, 0.15) is 46.1 Å². The zero-order valence-electron chi connectivity index (χ0n) is 14.3. The topological polar surface area (TPSA) is 49.8 Å². The highest BCUT2D eigenvalue weighted by Gasteiger charge is 2.13. The van der Waals surface area contributed by atoms with Crippen LogP contribution in [0.2, 0.25) is 0 Å². The number of carbonyl (C=O) groups excluding carboxylic acids is 1. The van der Waals surface area contributed by atoms with Crippen molar-refractivity contribution in [2.24, 2.45) is 0 Å². The fourth-order valence-corrected chi connectivity index (χ4v) is 2.20. The molecule has 0 unspecified atom stereocenters. The molecule has 0 heterocycles. The Morgan fingerprint density at radius 3 is 2.36 bits per heavy atom. The molecular weight excluding hydrogens is 278 g/mol. The van der Waals surface area contributed by atoms with E-state index in [2.05, 4.69) is 32.9 Å². The molecule has 0 aliphatic heterocycles. The second-order valence-corrected chi connectivity index (χ2v) is 6.42. The number of nitrogens with zero attached hydrogens (tertiary/aromatic N) is 1. The van der Waals surface area contributed by atoms with E-state index in [4.69, 9.17) is 9.84 Å². The Bertz CT molecular complexity index is 448. The van der Waals surface area contributed by atoms with E-state index in [0.717, 1.165) is 5.75 Å². The van der Waals surface area contributed by atoms with Gasteiger partial charge in [-0.3, -0.25) is 4.79 Å². The van der Waals surface area contributed by atoms with Gasteiger partial charge in [0.05, 0.1) is 13.2 Å². The molecule has 0 atom stereocenters. The molecule has 0 aromatic heterocycles. The van der Waals surface area contributed by atoms with Crippen molar-refractivity contribution in [3.8, 4) is 5.75 Å². The van der Waals surface area contributed by atoms with Crippen molar-refractivity contribution in [2.75, 3.05) is 26.3 Å². The molecule has 0 spiro atoms. The lowest BCUT2D eigenvalue weighted by Gasteiger charge is -2.20. The Kier molecular flexibility index (Phi) is 7.39. The van der Waals surface area contributed by atoms with E-state index < -0.39 is 0 Å². The van der Waals surface area contributed by atoms with Gasteiger partial charge in [-0.05, 0) is 36.5 Å². The molecule has 1 N–H and O–H groups in total. The molecule has 0 radical (unpaired) electrons. The summed E-state index contributed by atoms with van der Waals surface area (Å²) >= 11 is 0. The van der Waals surface area contributed by atoms with Crippen LogP contribution in [0.5, 0.6) is 5.75 Å². The molecule has 1 aromatic rings.